The molecule has 2 aliphatic rings. The topological polar surface area (TPSA) is 65.3 Å². The van der Waals surface area contributed by atoms with Gasteiger partial charge in [0.15, 0.2) is 5.79 Å². The Kier molecular flexibility index (Phi) is 3.31. The van der Waals surface area contributed by atoms with Gasteiger partial charge in [-0.2, -0.15) is 4.68 Å². The van der Waals surface area contributed by atoms with E-state index in [0.29, 0.717) is 6.61 Å². The largest absolute Gasteiger partial charge is 0.347 e. The van der Waals surface area contributed by atoms with E-state index in [0.717, 1.165) is 37.6 Å². The van der Waals surface area contributed by atoms with Crippen molar-refractivity contribution in [3.8, 4) is 5.69 Å². The highest BCUT2D eigenvalue weighted by Gasteiger charge is 2.43. The number of benzene rings is 1. The summed E-state index contributed by atoms with van der Waals surface area (Å²) in [5.41, 5.74) is 0.963. The molecule has 0 amide bonds. The van der Waals surface area contributed by atoms with E-state index >= 15 is 0 Å². The highest BCUT2D eigenvalue weighted by molar-refractivity contribution is 5.40. The van der Waals surface area contributed by atoms with Crippen molar-refractivity contribution in [1.29, 1.82) is 0 Å². The molecule has 0 saturated carbocycles. The lowest BCUT2D eigenvalue weighted by atomic mass is 10.0. The van der Waals surface area contributed by atoms with E-state index in [2.05, 4.69) is 27.3 Å². The number of hydrogen-bond donors (Lipinski definition) is 0. The van der Waals surface area contributed by atoms with E-state index in [9.17, 15) is 0 Å². The molecule has 116 valence electrons. The van der Waals surface area contributed by atoms with Crippen LogP contribution in [0.5, 0.6) is 0 Å². The molecule has 1 spiro atoms. The van der Waals surface area contributed by atoms with E-state index in [1.54, 1.807) is 4.68 Å². The average molecular weight is 301 g/mol. The highest BCUT2D eigenvalue weighted by atomic mass is 16.7. The lowest BCUT2D eigenvalue weighted by molar-refractivity contribution is -0.178. The van der Waals surface area contributed by atoms with Crippen LogP contribution in [0.4, 0.5) is 5.95 Å². The van der Waals surface area contributed by atoms with Gasteiger partial charge in [0.25, 0.3) is 0 Å². The van der Waals surface area contributed by atoms with E-state index in [-0.39, 0.29) is 6.10 Å². The standard InChI is InChI=1S/C15H19N5O2/c1-12-11-21-15(22-12)7-9-19(10-8-15)14-16-17-18-20(14)13-5-3-2-4-6-13/h2-6,12H,7-11H2,1H3. The maximum atomic E-state index is 5.96. The van der Waals surface area contributed by atoms with E-state index in [4.69, 9.17) is 9.47 Å². The molecule has 7 nitrogen and oxygen atoms in total. The Morgan fingerprint density at radius 2 is 1.95 bits per heavy atom. The van der Waals surface area contributed by atoms with Crippen LogP contribution in [0.2, 0.25) is 0 Å². The van der Waals surface area contributed by atoms with Crippen LogP contribution in [0.3, 0.4) is 0 Å². The van der Waals surface area contributed by atoms with E-state index in [1.165, 1.54) is 0 Å². The molecule has 7 heteroatoms. The minimum Gasteiger partial charge on any atom is -0.347 e. The van der Waals surface area contributed by atoms with Crippen LogP contribution in [0, 0.1) is 0 Å². The zero-order valence-corrected chi connectivity index (χ0v) is 12.6. The number of para-hydroxylation sites is 1. The van der Waals surface area contributed by atoms with Gasteiger partial charge in [-0.1, -0.05) is 23.3 Å². The Labute approximate surface area is 128 Å². The van der Waals surface area contributed by atoms with Crippen LogP contribution in [-0.4, -0.2) is 51.8 Å². The quantitative estimate of drug-likeness (QED) is 0.835. The number of rotatable bonds is 2. The third kappa shape index (κ3) is 2.36. The number of aromatic nitrogens is 4. The summed E-state index contributed by atoms with van der Waals surface area (Å²) in [4.78, 5) is 2.19. The zero-order chi connectivity index (χ0) is 15.0. The molecule has 2 aliphatic heterocycles. The SMILES string of the molecule is CC1COC2(CCN(c3nnnn3-c3ccccc3)CC2)O1. The second-order valence-corrected chi connectivity index (χ2v) is 5.86. The van der Waals surface area contributed by atoms with Crippen LogP contribution >= 0.6 is 0 Å². The van der Waals surface area contributed by atoms with Gasteiger partial charge in [0.1, 0.15) is 0 Å². The van der Waals surface area contributed by atoms with Gasteiger partial charge < -0.3 is 14.4 Å². The molecule has 22 heavy (non-hydrogen) atoms. The van der Waals surface area contributed by atoms with Gasteiger partial charge in [0.2, 0.25) is 5.95 Å². The van der Waals surface area contributed by atoms with Crippen LogP contribution in [0.1, 0.15) is 19.8 Å². The summed E-state index contributed by atoms with van der Waals surface area (Å²) in [5, 5.41) is 12.1. The van der Waals surface area contributed by atoms with Crippen molar-refractivity contribution in [2.75, 3.05) is 24.6 Å². The van der Waals surface area contributed by atoms with Gasteiger partial charge in [-0.25, -0.2) is 0 Å². The summed E-state index contributed by atoms with van der Waals surface area (Å²) < 4.78 is 13.6. The Morgan fingerprint density at radius 1 is 1.18 bits per heavy atom. The predicted octanol–water partition coefficient (Wildman–Crippen LogP) is 1.39. The summed E-state index contributed by atoms with van der Waals surface area (Å²) in [6.45, 7) is 4.37. The van der Waals surface area contributed by atoms with Crippen molar-refractivity contribution < 1.29 is 9.47 Å². The van der Waals surface area contributed by atoms with Gasteiger partial charge >= 0.3 is 0 Å². The van der Waals surface area contributed by atoms with Crippen molar-refractivity contribution in [3.63, 3.8) is 0 Å². The third-order valence-electron chi connectivity index (χ3n) is 4.26. The van der Waals surface area contributed by atoms with E-state index in [1.807, 2.05) is 30.3 Å². The molecule has 2 fully saturated rings. The maximum absolute atomic E-state index is 5.96. The first-order valence-corrected chi connectivity index (χ1v) is 7.66. The Bertz CT molecular complexity index is 636. The second kappa shape index (κ2) is 5.33. The monoisotopic (exact) mass is 301 g/mol. The fourth-order valence-corrected chi connectivity index (χ4v) is 3.13. The summed E-state index contributed by atoms with van der Waals surface area (Å²) in [7, 11) is 0. The molecule has 0 radical (unpaired) electrons. The first-order valence-electron chi connectivity index (χ1n) is 7.66. The first kappa shape index (κ1) is 13.7. The van der Waals surface area contributed by atoms with Crippen LogP contribution < -0.4 is 4.90 Å². The van der Waals surface area contributed by atoms with Gasteiger partial charge in [-0.05, 0) is 29.5 Å². The maximum Gasteiger partial charge on any atom is 0.250 e. The molecule has 2 aromatic rings. The van der Waals surface area contributed by atoms with Gasteiger partial charge in [0, 0.05) is 25.9 Å². The number of hydrogen-bond acceptors (Lipinski definition) is 6. The number of nitrogens with zero attached hydrogens (tertiary/aromatic N) is 5. The molecule has 4 rings (SSSR count). The summed E-state index contributed by atoms with van der Waals surface area (Å²) >= 11 is 0. The molecule has 0 aliphatic carbocycles. The molecule has 3 heterocycles. The molecule has 1 aromatic heterocycles. The summed E-state index contributed by atoms with van der Waals surface area (Å²) in [5.74, 6) is 0.369. The Hall–Kier alpha value is -1.99. The van der Waals surface area contributed by atoms with Crippen LogP contribution in [0.25, 0.3) is 5.69 Å². The van der Waals surface area contributed by atoms with Gasteiger partial charge in [-0.3, -0.25) is 0 Å². The number of ether oxygens (including phenoxy) is 2. The van der Waals surface area contributed by atoms with Gasteiger partial charge in [0.05, 0.1) is 18.4 Å². The molecule has 1 unspecified atom stereocenters. The summed E-state index contributed by atoms with van der Waals surface area (Å²) in [6.07, 6.45) is 1.85. The number of piperidine rings is 1. The highest BCUT2D eigenvalue weighted by Crippen LogP contribution is 2.35. The van der Waals surface area contributed by atoms with Crippen molar-refractivity contribution in [2.24, 2.45) is 0 Å². The molecule has 1 atom stereocenters. The fourth-order valence-electron chi connectivity index (χ4n) is 3.13. The van der Waals surface area contributed by atoms with Crippen molar-refractivity contribution >= 4 is 5.95 Å². The number of tetrazole rings is 1. The lowest BCUT2D eigenvalue weighted by Gasteiger charge is -2.37. The first-order chi connectivity index (χ1) is 10.8. The van der Waals surface area contributed by atoms with Crippen molar-refractivity contribution in [1.82, 2.24) is 20.2 Å². The molecule has 0 bridgehead atoms. The molecule has 0 N–H and O–H groups in total. The fraction of sp³-hybridized carbons (Fsp3) is 0.533. The van der Waals surface area contributed by atoms with Crippen LogP contribution in [0.15, 0.2) is 30.3 Å². The third-order valence-corrected chi connectivity index (χ3v) is 4.26. The van der Waals surface area contributed by atoms with E-state index < -0.39 is 5.79 Å². The molecule has 1 aromatic carbocycles. The average Bonchev–Trinajstić information content (AvgIpc) is 3.17. The number of anilines is 1. The minimum absolute atomic E-state index is 0.182. The smallest absolute Gasteiger partial charge is 0.250 e. The Morgan fingerprint density at radius 3 is 2.64 bits per heavy atom. The summed E-state index contributed by atoms with van der Waals surface area (Å²) in [6, 6.07) is 9.93. The van der Waals surface area contributed by atoms with Crippen molar-refractivity contribution in [3.05, 3.63) is 30.3 Å². The Balaban J connectivity index is 1.52. The zero-order valence-electron chi connectivity index (χ0n) is 12.6. The molecule has 2 saturated heterocycles. The molecular formula is C15H19N5O2. The lowest BCUT2D eigenvalue weighted by Crippen LogP contribution is -2.46. The second-order valence-electron chi connectivity index (χ2n) is 5.86. The predicted molar refractivity (Wildman–Crippen MR) is 79.8 cm³/mol. The van der Waals surface area contributed by atoms with Crippen LogP contribution in [-0.2, 0) is 9.47 Å². The normalized spacial score (nSPS) is 24.0. The minimum atomic E-state index is -0.402. The van der Waals surface area contributed by atoms with Crippen molar-refractivity contribution in [2.45, 2.75) is 31.7 Å². The molecular weight excluding hydrogens is 282 g/mol. The van der Waals surface area contributed by atoms with Gasteiger partial charge in [-0.15, -0.1) is 0 Å².